The van der Waals surface area contributed by atoms with E-state index in [1.807, 2.05) is 11.8 Å². The van der Waals surface area contributed by atoms with Crippen molar-refractivity contribution in [2.45, 2.75) is 19.3 Å². The van der Waals surface area contributed by atoms with Crippen LogP contribution in [0.1, 0.15) is 34.2 Å². The second kappa shape index (κ2) is 7.94. The molecule has 0 bridgehead atoms. The Morgan fingerprint density at radius 2 is 1.83 bits per heavy atom. The Bertz CT molecular complexity index is 964. The molecule has 2 aromatic rings. The number of aromatic nitrogens is 3. The molecule has 1 amide bonds. The monoisotopic (exact) mass is 396 g/mol. The summed E-state index contributed by atoms with van der Waals surface area (Å²) in [6.07, 6.45) is 0.885. The lowest BCUT2D eigenvalue weighted by Crippen LogP contribution is -2.44. The second-order valence-corrected chi connectivity index (χ2v) is 8.10. The van der Waals surface area contributed by atoms with Crippen LogP contribution in [0.15, 0.2) is 29.1 Å². The van der Waals surface area contributed by atoms with Crippen LogP contribution < -0.4 is 10.5 Å². The Labute approximate surface area is 170 Å². The van der Waals surface area contributed by atoms with E-state index in [0.29, 0.717) is 18.8 Å². The van der Waals surface area contributed by atoms with Gasteiger partial charge in [0.25, 0.3) is 11.5 Å². The number of aryl methyl sites for hydroxylation is 2. The standard InChI is InChI=1S/C21H28N6O2/c1-15-12-17(26-10-8-24(2)9-11-26)13-19(22-15)16-6-7-27(14-16)21(29)18-4-5-20(28)25(3)23-18/h4-5,12-13,16H,6-11,14H2,1-3H3/t16-/m0/s1. The van der Waals surface area contributed by atoms with Gasteiger partial charge in [-0.3, -0.25) is 14.6 Å². The van der Waals surface area contributed by atoms with Crippen molar-refractivity contribution in [3.05, 3.63) is 51.7 Å². The average molecular weight is 396 g/mol. The minimum absolute atomic E-state index is 0.130. The molecule has 0 spiro atoms. The lowest BCUT2D eigenvalue weighted by molar-refractivity contribution is 0.0782. The summed E-state index contributed by atoms with van der Waals surface area (Å²) in [5, 5.41) is 4.10. The molecule has 2 aromatic heterocycles. The van der Waals surface area contributed by atoms with Crippen LogP contribution in [0.5, 0.6) is 0 Å². The Morgan fingerprint density at radius 3 is 2.55 bits per heavy atom. The third kappa shape index (κ3) is 4.17. The van der Waals surface area contributed by atoms with Crippen molar-refractivity contribution in [2.75, 3.05) is 51.2 Å². The minimum Gasteiger partial charge on any atom is -0.369 e. The van der Waals surface area contributed by atoms with Gasteiger partial charge in [0.05, 0.1) is 0 Å². The van der Waals surface area contributed by atoms with Crippen LogP contribution in [0.2, 0.25) is 0 Å². The molecule has 2 aliphatic rings. The second-order valence-electron chi connectivity index (χ2n) is 8.10. The zero-order chi connectivity index (χ0) is 20.5. The van der Waals surface area contributed by atoms with Crippen molar-refractivity contribution in [1.82, 2.24) is 24.6 Å². The van der Waals surface area contributed by atoms with Gasteiger partial charge in [0.1, 0.15) is 5.69 Å². The maximum atomic E-state index is 12.8. The quantitative estimate of drug-likeness (QED) is 0.766. The molecule has 4 rings (SSSR count). The number of piperazine rings is 1. The largest absolute Gasteiger partial charge is 0.369 e. The van der Waals surface area contributed by atoms with Crippen molar-refractivity contribution < 1.29 is 4.79 Å². The van der Waals surface area contributed by atoms with Gasteiger partial charge in [0.15, 0.2) is 0 Å². The molecule has 2 aliphatic heterocycles. The summed E-state index contributed by atoms with van der Waals surface area (Å²) in [5.41, 5.74) is 3.39. The van der Waals surface area contributed by atoms with Crippen molar-refractivity contribution in [1.29, 1.82) is 0 Å². The fourth-order valence-corrected chi connectivity index (χ4v) is 4.10. The van der Waals surface area contributed by atoms with E-state index in [2.05, 4.69) is 34.1 Å². The van der Waals surface area contributed by atoms with Gasteiger partial charge in [0.2, 0.25) is 0 Å². The number of pyridine rings is 1. The number of amides is 1. The molecule has 154 valence electrons. The van der Waals surface area contributed by atoms with Crippen molar-refractivity contribution in [3.8, 4) is 0 Å². The van der Waals surface area contributed by atoms with Gasteiger partial charge in [0, 0.05) is 75.4 Å². The summed E-state index contributed by atoms with van der Waals surface area (Å²) < 4.78 is 1.20. The number of likely N-dealkylation sites (tertiary alicyclic amines) is 1. The van der Waals surface area contributed by atoms with Crippen LogP contribution in [0, 0.1) is 6.92 Å². The van der Waals surface area contributed by atoms with Crippen LogP contribution in [-0.4, -0.2) is 76.8 Å². The predicted molar refractivity (Wildman–Crippen MR) is 111 cm³/mol. The van der Waals surface area contributed by atoms with E-state index in [1.165, 1.54) is 22.5 Å². The van der Waals surface area contributed by atoms with Crippen LogP contribution in [0.25, 0.3) is 0 Å². The molecule has 1 atom stereocenters. The van der Waals surface area contributed by atoms with Crippen molar-refractivity contribution in [3.63, 3.8) is 0 Å². The van der Waals surface area contributed by atoms with Gasteiger partial charge in [-0.25, -0.2) is 4.68 Å². The molecule has 2 saturated heterocycles. The Balaban J connectivity index is 1.49. The molecule has 29 heavy (non-hydrogen) atoms. The maximum Gasteiger partial charge on any atom is 0.274 e. The molecule has 0 aromatic carbocycles. The van der Waals surface area contributed by atoms with E-state index in [1.54, 1.807) is 7.05 Å². The lowest BCUT2D eigenvalue weighted by Gasteiger charge is -2.34. The van der Waals surface area contributed by atoms with E-state index in [0.717, 1.165) is 44.0 Å². The molecule has 8 nitrogen and oxygen atoms in total. The van der Waals surface area contributed by atoms with E-state index >= 15 is 0 Å². The number of likely N-dealkylation sites (N-methyl/N-ethyl adjacent to an activating group) is 1. The molecule has 0 radical (unpaired) electrons. The summed E-state index contributed by atoms with van der Waals surface area (Å²) >= 11 is 0. The molecule has 8 heteroatoms. The number of nitrogens with zero attached hydrogens (tertiary/aromatic N) is 6. The number of hydrogen-bond acceptors (Lipinski definition) is 6. The van der Waals surface area contributed by atoms with Crippen LogP contribution >= 0.6 is 0 Å². The fraction of sp³-hybridized carbons (Fsp3) is 0.524. The molecule has 0 N–H and O–H groups in total. The normalized spacial score (nSPS) is 20.3. The first-order chi connectivity index (χ1) is 13.9. The predicted octanol–water partition coefficient (Wildman–Crippen LogP) is 0.865. The van der Waals surface area contributed by atoms with E-state index in [-0.39, 0.29) is 17.4 Å². The third-order valence-electron chi connectivity index (χ3n) is 5.90. The zero-order valence-electron chi connectivity index (χ0n) is 17.3. The van der Waals surface area contributed by atoms with Gasteiger partial charge >= 0.3 is 0 Å². The van der Waals surface area contributed by atoms with Gasteiger partial charge in [-0.1, -0.05) is 0 Å². The Kier molecular flexibility index (Phi) is 5.36. The topological polar surface area (TPSA) is 74.6 Å². The highest BCUT2D eigenvalue weighted by Gasteiger charge is 2.30. The highest BCUT2D eigenvalue weighted by Crippen LogP contribution is 2.30. The average Bonchev–Trinajstić information content (AvgIpc) is 3.20. The number of hydrogen-bond donors (Lipinski definition) is 0. The van der Waals surface area contributed by atoms with Gasteiger partial charge < -0.3 is 14.7 Å². The highest BCUT2D eigenvalue weighted by atomic mass is 16.2. The minimum atomic E-state index is -0.221. The van der Waals surface area contributed by atoms with Crippen LogP contribution in [0.3, 0.4) is 0 Å². The van der Waals surface area contributed by atoms with Gasteiger partial charge in [-0.2, -0.15) is 5.10 Å². The van der Waals surface area contributed by atoms with Crippen LogP contribution in [0.4, 0.5) is 5.69 Å². The Hall–Kier alpha value is -2.74. The summed E-state index contributed by atoms with van der Waals surface area (Å²) in [4.78, 5) is 35.7. The van der Waals surface area contributed by atoms with Gasteiger partial charge in [-0.05, 0) is 38.6 Å². The Morgan fingerprint density at radius 1 is 1.07 bits per heavy atom. The molecule has 0 aliphatic carbocycles. The van der Waals surface area contributed by atoms with E-state index in [4.69, 9.17) is 4.98 Å². The molecule has 4 heterocycles. The van der Waals surface area contributed by atoms with Gasteiger partial charge in [-0.15, -0.1) is 0 Å². The van der Waals surface area contributed by atoms with E-state index in [9.17, 15) is 9.59 Å². The lowest BCUT2D eigenvalue weighted by atomic mass is 10.0. The first-order valence-corrected chi connectivity index (χ1v) is 10.2. The maximum absolute atomic E-state index is 12.8. The number of carbonyl (C=O) groups is 1. The zero-order valence-corrected chi connectivity index (χ0v) is 17.3. The molecule has 2 fully saturated rings. The molecular weight excluding hydrogens is 368 g/mol. The number of anilines is 1. The summed E-state index contributed by atoms with van der Waals surface area (Å²) in [7, 11) is 3.71. The summed E-state index contributed by atoms with van der Waals surface area (Å²) in [6.45, 7) is 7.51. The molecule has 0 unspecified atom stereocenters. The number of carbonyl (C=O) groups excluding carboxylic acids is 1. The SMILES string of the molecule is Cc1cc(N2CCN(C)CC2)cc([C@H]2CCN(C(=O)c3ccc(=O)n(C)n3)C2)n1. The third-order valence-corrected chi connectivity index (χ3v) is 5.90. The number of rotatable bonds is 3. The van der Waals surface area contributed by atoms with E-state index < -0.39 is 0 Å². The highest BCUT2D eigenvalue weighted by molar-refractivity contribution is 5.92. The first kappa shape index (κ1) is 19.6. The smallest absolute Gasteiger partial charge is 0.274 e. The fourth-order valence-electron chi connectivity index (χ4n) is 4.10. The van der Waals surface area contributed by atoms with Crippen molar-refractivity contribution >= 4 is 11.6 Å². The summed E-state index contributed by atoms with van der Waals surface area (Å²) in [5.74, 6) is 0.0904. The molecule has 0 saturated carbocycles. The van der Waals surface area contributed by atoms with Crippen LogP contribution in [-0.2, 0) is 7.05 Å². The summed E-state index contributed by atoms with van der Waals surface area (Å²) in [6, 6.07) is 7.25. The first-order valence-electron chi connectivity index (χ1n) is 10.2. The molecular formula is C21H28N6O2. The van der Waals surface area contributed by atoms with Crippen molar-refractivity contribution in [2.24, 2.45) is 7.05 Å².